The third-order valence-corrected chi connectivity index (χ3v) is 3.75. The summed E-state index contributed by atoms with van der Waals surface area (Å²) in [4.78, 5) is 13.3. The highest BCUT2D eigenvalue weighted by atomic mass is 16.5. The van der Waals surface area contributed by atoms with Crippen molar-refractivity contribution >= 4 is 12.0 Å². The molecule has 1 aliphatic heterocycles. The Morgan fingerprint density at radius 2 is 2.14 bits per heavy atom. The number of hydrogen-bond donors (Lipinski definition) is 1. The van der Waals surface area contributed by atoms with Gasteiger partial charge < -0.3 is 10.1 Å². The van der Waals surface area contributed by atoms with Crippen LogP contribution >= 0.6 is 0 Å². The number of morpholine rings is 1. The lowest BCUT2D eigenvalue weighted by atomic mass is 10.1. The van der Waals surface area contributed by atoms with Crippen molar-refractivity contribution in [1.82, 2.24) is 10.2 Å². The molecule has 120 valence electrons. The van der Waals surface area contributed by atoms with E-state index in [2.05, 4.69) is 47.5 Å². The van der Waals surface area contributed by atoms with Gasteiger partial charge in [0.05, 0.1) is 12.7 Å². The van der Waals surface area contributed by atoms with Gasteiger partial charge in [0.1, 0.15) is 0 Å². The predicted molar refractivity (Wildman–Crippen MR) is 89.6 cm³/mol. The summed E-state index contributed by atoms with van der Waals surface area (Å²) in [6.07, 6.45) is 3.32. The monoisotopic (exact) mass is 302 g/mol. The Morgan fingerprint density at radius 3 is 2.86 bits per heavy atom. The zero-order valence-corrected chi connectivity index (χ0v) is 13.5. The lowest BCUT2D eigenvalue weighted by Crippen LogP contribution is -2.44. The number of ether oxygens (including phenoxy) is 1. The van der Waals surface area contributed by atoms with Gasteiger partial charge in [-0.3, -0.25) is 9.69 Å². The van der Waals surface area contributed by atoms with Gasteiger partial charge in [-0.25, -0.2) is 0 Å². The van der Waals surface area contributed by atoms with E-state index in [9.17, 15) is 4.79 Å². The maximum absolute atomic E-state index is 10.9. The molecule has 1 heterocycles. The molecular formula is C18H26N2O2. The normalized spacial score (nSPS) is 19.9. The van der Waals surface area contributed by atoms with Crippen molar-refractivity contribution in [2.45, 2.75) is 26.4 Å². The summed E-state index contributed by atoms with van der Waals surface area (Å²) in [7, 11) is 0. The van der Waals surface area contributed by atoms with Crippen LogP contribution in [0.25, 0.3) is 6.08 Å². The van der Waals surface area contributed by atoms with Crippen molar-refractivity contribution in [2.24, 2.45) is 0 Å². The second-order valence-electron chi connectivity index (χ2n) is 5.90. The summed E-state index contributed by atoms with van der Waals surface area (Å²) in [6.45, 7) is 8.04. The lowest BCUT2D eigenvalue weighted by molar-refractivity contribution is -0.119. The van der Waals surface area contributed by atoms with Crippen molar-refractivity contribution in [1.29, 1.82) is 0 Å². The van der Waals surface area contributed by atoms with Crippen molar-refractivity contribution in [2.75, 3.05) is 32.8 Å². The van der Waals surface area contributed by atoms with Gasteiger partial charge in [0.25, 0.3) is 0 Å². The number of nitrogens with zero attached hydrogens (tertiary/aromatic N) is 1. The van der Waals surface area contributed by atoms with Crippen molar-refractivity contribution in [3.63, 3.8) is 0 Å². The van der Waals surface area contributed by atoms with Crippen molar-refractivity contribution in [3.05, 3.63) is 41.5 Å². The highest BCUT2D eigenvalue weighted by molar-refractivity contribution is 5.72. The molecule has 1 fully saturated rings. The van der Waals surface area contributed by atoms with E-state index in [0.29, 0.717) is 6.54 Å². The number of carbonyl (C=O) groups excluding carboxylic acids is 1. The molecule has 1 amide bonds. The van der Waals surface area contributed by atoms with Crippen molar-refractivity contribution < 1.29 is 9.53 Å². The van der Waals surface area contributed by atoms with E-state index < -0.39 is 0 Å². The highest BCUT2D eigenvalue weighted by Crippen LogP contribution is 2.12. The maximum atomic E-state index is 10.9. The minimum Gasteiger partial charge on any atom is -0.375 e. The first-order valence-electron chi connectivity index (χ1n) is 7.94. The Kier molecular flexibility index (Phi) is 6.62. The Labute approximate surface area is 133 Å². The first-order chi connectivity index (χ1) is 10.6. The van der Waals surface area contributed by atoms with Gasteiger partial charge in [-0.2, -0.15) is 0 Å². The lowest BCUT2D eigenvalue weighted by Gasteiger charge is -2.33. The zero-order valence-electron chi connectivity index (χ0n) is 13.5. The molecule has 1 atom stereocenters. The number of carbonyl (C=O) groups is 1. The molecule has 1 aliphatic rings. The Hall–Kier alpha value is -1.65. The first kappa shape index (κ1) is 16.7. The summed E-state index contributed by atoms with van der Waals surface area (Å²) in [5, 5.41) is 2.83. The number of amides is 1. The Morgan fingerprint density at radius 1 is 1.36 bits per heavy atom. The van der Waals surface area contributed by atoms with E-state index in [1.807, 2.05) is 6.07 Å². The van der Waals surface area contributed by atoms with Gasteiger partial charge in [-0.1, -0.05) is 42.0 Å². The fourth-order valence-electron chi connectivity index (χ4n) is 2.74. The fraction of sp³-hybridized carbons (Fsp3) is 0.500. The van der Waals surface area contributed by atoms with Gasteiger partial charge in [0, 0.05) is 33.1 Å². The smallest absolute Gasteiger partial charge is 0.216 e. The van der Waals surface area contributed by atoms with Crippen LogP contribution in [0.4, 0.5) is 0 Å². The van der Waals surface area contributed by atoms with Gasteiger partial charge >= 0.3 is 0 Å². The average molecular weight is 302 g/mol. The number of benzene rings is 1. The number of rotatable bonds is 6. The van der Waals surface area contributed by atoms with Crippen LogP contribution in [0.1, 0.15) is 25.8 Å². The molecule has 4 heteroatoms. The zero-order chi connectivity index (χ0) is 15.8. The van der Waals surface area contributed by atoms with E-state index in [1.165, 1.54) is 11.1 Å². The van der Waals surface area contributed by atoms with E-state index in [1.54, 1.807) is 6.92 Å². The fourth-order valence-corrected chi connectivity index (χ4v) is 2.74. The van der Waals surface area contributed by atoms with Crippen LogP contribution in [0.15, 0.2) is 35.9 Å². The molecule has 1 saturated heterocycles. The summed E-state index contributed by atoms with van der Waals surface area (Å²) < 4.78 is 5.78. The summed E-state index contributed by atoms with van der Waals surface area (Å²) >= 11 is 0. The summed E-state index contributed by atoms with van der Waals surface area (Å²) in [6, 6.07) is 10.4. The van der Waals surface area contributed by atoms with Crippen LogP contribution in [0, 0.1) is 0 Å². The molecule has 22 heavy (non-hydrogen) atoms. The summed E-state index contributed by atoms with van der Waals surface area (Å²) in [5.74, 6) is 0.0225. The second kappa shape index (κ2) is 8.71. The number of hydrogen-bond acceptors (Lipinski definition) is 3. The molecule has 0 saturated carbocycles. The predicted octanol–water partition coefficient (Wildman–Crippen LogP) is 2.32. The molecule has 0 aliphatic carbocycles. The van der Waals surface area contributed by atoms with Gasteiger partial charge in [-0.15, -0.1) is 0 Å². The molecule has 0 unspecified atom stereocenters. The van der Waals surface area contributed by atoms with E-state index in [0.717, 1.165) is 32.7 Å². The third-order valence-electron chi connectivity index (χ3n) is 3.75. The van der Waals surface area contributed by atoms with E-state index >= 15 is 0 Å². The molecule has 0 bridgehead atoms. The van der Waals surface area contributed by atoms with E-state index in [-0.39, 0.29) is 12.0 Å². The summed E-state index contributed by atoms with van der Waals surface area (Å²) in [5.41, 5.74) is 2.60. The molecular weight excluding hydrogens is 276 g/mol. The third kappa shape index (κ3) is 6.00. The topological polar surface area (TPSA) is 41.6 Å². The van der Waals surface area contributed by atoms with Crippen LogP contribution in [0.5, 0.6) is 0 Å². The average Bonchev–Trinajstić information content (AvgIpc) is 2.48. The maximum Gasteiger partial charge on any atom is 0.216 e. The number of nitrogens with one attached hydrogen (secondary N) is 1. The molecule has 1 aromatic rings. The standard InChI is InChI=1S/C18H26N2O2/c1-15(12-17-6-4-3-5-7-17)13-20-10-11-22-18(14-20)8-9-19-16(2)21/h3-7,12,18H,8-11,13-14H2,1-2H3,(H,19,21)/b15-12+/t18-/m1/s1. The highest BCUT2D eigenvalue weighted by Gasteiger charge is 2.20. The molecule has 0 aromatic heterocycles. The second-order valence-corrected chi connectivity index (χ2v) is 5.90. The van der Waals surface area contributed by atoms with Crippen LogP contribution in [-0.4, -0.2) is 49.7 Å². The van der Waals surface area contributed by atoms with Crippen LogP contribution < -0.4 is 5.32 Å². The molecule has 1 aromatic carbocycles. The Bertz CT molecular complexity index is 499. The van der Waals surface area contributed by atoms with Gasteiger partial charge in [0.15, 0.2) is 0 Å². The van der Waals surface area contributed by atoms with E-state index in [4.69, 9.17) is 4.74 Å². The quantitative estimate of drug-likeness (QED) is 0.877. The largest absolute Gasteiger partial charge is 0.375 e. The minimum atomic E-state index is 0.0225. The van der Waals surface area contributed by atoms with Crippen LogP contribution in [0.2, 0.25) is 0 Å². The molecule has 0 radical (unpaired) electrons. The molecule has 2 rings (SSSR count). The molecule has 0 spiro atoms. The molecule has 1 N–H and O–H groups in total. The SMILES string of the molecule is CC(=O)NCC[C@@H]1CN(C/C(C)=C/c2ccccc2)CCO1. The Balaban J connectivity index is 1.79. The minimum absolute atomic E-state index is 0.0225. The van der Waals surface area contributed by atoms with Crippen molar-refractivity contribution in [3.8, 4) is 0 Å². The first-order valence-corrected chi connectivity index (χ1v) is 7.94. The van der Waals surface area contributed by atoms with Gasteiger partial charge in [-0.05, 0) is 18.9 Å². The van der Waals surface area contributed by atoms with Gasteiger partial charge in [0.2, 0.25) is 5.91 Å². The van der Waals surface area contributed by atoms with Crippen LogP contribution in [0.3, 0.4) is 0 Å². The van der Waals surface area contributed by atoms with Crippen LogP contribution in [-0.2, 0) is 9.53 Å². The molecule has 4 nitrogen and oxygen atoms in total.